The standard InChI is InChI=1S/C11H20N4O3S/c1-8-9(6-12)10(15-14-8)19(16,17)13-7-11(2)4-3-5-18-11/h13H,3-7,12H2,1-2H3,(H,14,15). The summed E-state index contributed by atoms with van der Waals surface area (Å²) in [5.41, 5.74) is 6.32. The van der Waals surface area contributed by atoms with Crippen LogP contribution in [0.15, 0.2) is 5.03 Å². The molecule has 1 fully saturated rings. The van der Waals surface area contributed by atoms with Gasteiger partial charge in [-0.3, -0.25) is 5.10 Å². The maximum atomic E-state index is 12.2. The lowest BCUT2D eigenvalue weighted by Crippen LogP contribution is -2.40. The number of ether oxygens (including phenoxy) is 1. The van der Waals surface area contributed by atoms with Gasteiger partial charge in [-0.05, 0) is 26.7 Å². The molecule has 0 radical (unpaired) electrons. The summed E-state index contributed by atoms with van der Waals surface area (Å²) in [4.78, 5) is 0. The van der Waals surface area contributed by atoms with E-state index in [0.29, 0.717) is 17.9 Å². The minimum absolute atomic E-state index is 0.0194. The van der Waals surface area contributed by atoms with Crippen LogP contribution in [-0.4, -0.2) is 37.4 Å². The molecule has 1 aromatic heterocycles. The van der Waals surface area contributed by atoms with E-state index in [9.17, 15) is 8.42 Å². The second-order valence-corrected chi connectivity index (χ2v) is 6.75. The lowest BCUT2D eigenvalue weighted by molar-refractivity contribution is 0.0250. The van der Waals surface area contributed by atoms with Crippen molar-refractivity contribution in [3.8, 4) is 0 Å². The van der Waals surface area contributed by atoms with E-state index >= 15 is 0 Å². The maximum absolute atomic E-state index is 12.2. The predicted octanol–water partition coefficient (Wildman–Crippen LogP) is 0.0242. The van der Waals surface area contributed by atoms with E-state index in [1.807, 2.05) is 6.92 Å². The van der Waals surface area contributed by atoms with Crippen LogP contribution in [0.3, 0.4) is 0 Å². The molecule has 0 bridgehead atoms. The van der Waals surface area contributed by atoms with Crippen LogP contribution in [0.4, 0.5) is 0 Å². The predicted molar refractivity (Wildman–Crippen MR) is 70.0 cm³/mol. The van der Waals surface area contributed by atoms with Crippen molar-refractivity contribution in [2.75, 3.05) is 13.2 Å². The molecule has 0 spiro atoms. The van der Waals surface area contributed by atoms with Crippen LogP contribution >= 0.6 is 0 Å². The summed E-state index contributed by atoms with van der Waals surface area (Å²) in [6.45, 7) is 4.70. The van der Waals surface area contributed by atoms with E-state index in [1.54, 1.807) is 6.92 Å². The van der Waals surface area contributed by atoms with Gasteiger partial charge in [-0.25, -0.2) is 13.1 Å². The highest BCUT2D eigenvalue weighted by molar-refractivity contribution is 7.89. The Morgan fingerprint density at radius 2 is 2.32 bits per heavy atom. The number of nitrogens with zero attached hydrogens (tertiary/aromatic N) is 1. The molecule has 1 unspecified atom stereocenters. The number of H-pyrrole nitrogens is 1. The normalized spacial score (nSPS) is 23.9. The molecule has 19 heavy (non-hydrogen) atoms. The van der Waals surface area contributed by atoms with Gasteiger partial charge in [0.15, 0.2) is 5.03 Å². The van der Waals surface area contributed by atoms with Crippen LogP contribution in [0.25, 0.3) is 0 Å². The van der Waals surface area contributed by atoms with Crippen molar-refractivity contribution in [1.82, 2.24) is 14.9 Å². The highest BCUT2D eigenvalue weighted by Crippen LogP contribution is 2.25. The fourth-order valence-corrected chi connectivity index (χ4v) is 3.54. The summed E-state index contributed by atoms with van der Waals surface area (Å²) in [7, 11) is -3.66. The average molecular weight is 288 g/mol. The third-order valence-corrected chi connectivity index (χ3v) is 4.80. The summed E-state index contributed by atoms with van der Waals surface area (Å²) in [5.74, 6) is 0. The molecule has 0 amide bonds. The first-order chi connectivity index (χ1) is 8.88. The summed E-state index contributed by atoms with van der Waals surface area (Å²) in [5, 5.41) is 6.46. The molecule has 4 N–H and O–H groups in total. The summed E-state index contributed by atoms with van der Waals surface area (Å²) in [6, 6.07) is 0. The molecule has 7 nitrogen and oxygen atoms in total. The van der Waals surface area contributed by atoms with Gasteiger partial charge in [-0.2, -0.15) is 5.10 Å². The van der Waals surface area contributed by atoms with Gasteiger partial charge in [-0.1, -0.05) is 0 Å². The van der Waals surface area contributed by atoms with Crippen molar-refractivity contribution in [2.45, 2.75) is 43.9 Å². The molecule has 1 aliphatic heterocycles. The van der Waals surface area contributed by atoms with E-state index < -0.39 is 15.6 Å². The lowest BCUT2D eigenvalue weighted by Gasteiger charge is -2.23. The summed E-state index contributed by atoms with van der Waals surface area (Å²) in [6.07, 6.45) is 1.80. The average Bonchev–Trinajstić information content (AvgIpc) is 2.94. The van der Waals surface area contributed by atoms with Gasteiger partial charge < -0.3 is 10.5 Å². The van der Waals surface area contributed by atoms with Crippen molar-refractivity contribution < 1.29 is 13.2 Å². The van der Waals surface area contributed by atoms with Gasteiger partial charge in [0, 0.05) is 31.0 Å². The zero-order valence-electron chi connectivity index (χ0n) is 11.2. The number of hydrogen-bond acceptors (Lipinski definition) is 5. The Hall–Kier alpha value is -0.960. The first kappa shape index (κ1) is 14.4. The number of sulfonamides is 1. The lowest BCUT2D eigenvalue weighted by atomic mass is 10.0. The smallest absolute Gasteiger partial charge is 0.260 e. The number of aryl methyl sites for hydroxylation is 1. The van der Waals surface area contributed by atoms with E-state index in [0.717, 1.165) is 12.8 Å². The van der Waals surface area contributed by atoms with E-state index in [4.69, 9.17) is 10.5 Å². The topological polar surface area (TPSA) is 110 Å². The maximum Gasteiger partial charge on any atom is 0.260 e. The fraction of sp³-hybridized carbons (Fsp3) is 0.727. The van der Waals surface area contributed by atoms with Gasteiger partial charge in [0.2, 0.25) is 0 Å². The second kappa shape index (κ2) is 5.20. The van der Waals surface area contributed by atoms with Gasteiger partial charge in [0.05, 0.1) is 5.60 Å². The quantitative estimate of drug-likeness (QED) is 0.707. The van der Waals surface area contributed by atoms with Gasteiger partial charge in [0.25, 0.3) is 10.0 Å². The summed E-state index contributed by atoms with van der Waals surface area (Å²) < 4.78 is 32.5. The van der Waals surface area contributed by atoms with Gasteiger partial charge in [0.1, 0.15) is 0 Å². The van der Waals surface area contributed by atoms with Crippen LogP contribution in [0.1, 0.15) is 31.0 Å². The van der Waals surface area contributed by atoms with Crippen LogP contribution in [0.5, 0.6) is 0 Å². The first-order valence-electron chi connectivity index (χ1n) is 6.25. The molecule has 2 heterocycles. The van der Waals surface area contributed by atoms with Crippen molar-refractivity contribution in [1.29, 1.82) is 0 Å². The first-order valence-corrected chi connectivity index (χ1v) is 7.74. The molecular weight excluding hydrogens is 268 g/mol. The highest BCUT2D eigenvalue weighted by Gasteiger charge is 2.32. The van der Waals surface area contributed by atoms with Gasteiger partial charge in [-0.15, -0.1) is 0 Å². The van der Waals surface area contributed by atoms with Crippen molar-refractivity contribution in [3.63, 3.8) is 0 Å². The zero-order chi connectivity index (χ0) is 14.1. The number of aromatic nitrogens is 2. The molecular formula is C11H20N4O3S. The third kappa shape index (κ3) is 2.97. The molecule has 1 atom stereocenters. The van der Waals surface area contributed by atoms with E-state index in [2.05, 4.69) is 14.9 Å². The Morgan fingerprint density at radius 3 is 2.89 bits per heavy atom. The number of aromatic amines is 1. The molecule has 8 heteroatoms. The fourth-order valence-electron chi connectivity index (χ4n) is 2.18. The molecule has 108 valence electrons. The Balaban J connectivity index is 2.14. The number of rotatable bonds is 5. The monoisotopic (exact) mass is 288 g/mol. The minimum atomic E-state index is -3.66. The minimum Gasteiger partial charge on any atom is -0.374 e. The van der Waals surface area contributed by atoms with Crippen LogP contribution in [0, 0.1) is 6.92 Å². The SMILES string of the molecule is Cc1[nH]nc(S(=O)(=O)NCC2(C)CCCO2)c1CN. The molecule has 1 aliphatic rings. The Bertz CT molecular complexity index is 546. The third-order valence-electron chi connectivity index (χ3n) is 3.43. The van der Waals surface area contributed by atoms with Crippen molar-refractivity contribution >= 4 is 10.0 Å². The van der Waals surface area contributed by atoms with E-state index in [-0.39, 0.29) is 18.1 Å². The Morgan fingerprint density at radius 1 is 1.58 bits per heavy atom. The Kier molecular flexibility index (Phi) is 3.95. The van der Waals surface area contributed by atoms with Crippen molar-refractivity contribution in [2.24, 2.45) is 5.73 Å². The van der Waals surface area contributed by atoms with Crippen molar-refractivity contribution in [3.05, 3.63) is 11.3 Å². The van der Waals surface area contributed by atoms with E-state index in [1.165, 1.54) is 0 Å². The molecule has 1 aromatic rings. The van der Waals surface area contributed by atoms with Crippen LogP contribution < -0.4 is 10.5 Å². The molecule has 2 rings (SSSR count). The molecule has 0 saturated carbocycles. The highest BCUT2D eigenvalue weighted by atomic mass is 32.2. The number of nitrogens with one attached hydrogen (secondary N) is 2. The van der Waals surface area contributed by atoms with Crippen LogP contribution in [-0.2, 0) is 21.3 Å². The number of nitrogens with two attached hydrogens (primary N) is 1. The Labute approximate surface area is 113 Å². The zero-order valence-corrected chi connectivity index (χ0v) is 12.0. The molecule has 1 saturated heterocycles. The second-order valence-electron chi connectivity index (χ2n) is 5.06. The largest absolute Gasteiger partial charge is 0.374 e. The number of hydrogen-bond donors (Lipinski definition) is 3. The molecule has 0 aliphatic carbocycles. The van der Waals surface area contributed by atoms with Gasteiger partial charge >= 0.3 is 0 Å². The molecule has 0 aromatic carbocycles. The summed E-state index contributed by atoms with van der Waals surface area (Å²) >= 11 is 0. The van der Waals surface area contributed by atoms with Crippen LogP contribution in [0.2, 0.25) is 0 Å².